The van der Waals surface area contributed by atoms with Gasteiger partial charge < -0.3 is 14.6 Å². The van der Waals surface area contributed by atoms with Crippen LogP contribution in [0.2, 0.25) is 0 Å². The summed E-state index contributed by atoms with van der Waals surface area (Å²) in [4.78, 5) is 2.18. The summed E-state index contributed by atoms with van der Waals surface area (Å²) in [6, 6.07) is 16.0. The minimum Gasteiger partial charge on any atom is -0.494 e. The molecule has 28 heavy (non-hydrogen) atoms. The molecule has 1 aliphatic heterocycles. The third-order valence-corrected chi connectivity index (χ3v) is 5.15. The standard InChI is InChI=1S/C23H30FNO3/c1-23(2,18-4-8-21(9-5-18)27-15-3-12-24)19-6-10-22(11-7-19)28-17-20(26)16-25-13-14-25/h4-11,20,26H,3,12-17H2,1-2H3. The molecule has 1 N–H and O–H groups in total. The number of hydrogen-bond acceptors (Lipinski definition) is 4. The van der Waals surface area contributed by atoms with E-state index in [1.807, 2.05) is 24.3 Å². The Kier molecular flexibility index (Phi) is 6.92. The summed E-state index contributed by atoms with van der Waals surface area (Å²) in [6.07, 6.45) is -0.0408. The van der Waals surface area contributed by atoms with Crippen LogP contribution >= 0.6 is 0 Å². The van der Waals surface area contributed by atoms with E-state index in [4.69, 9.17) is 9.47 Å². The topological polar surface area (TPSA) is 41.7 Å². The largest absolute Gasteiger partial charge is 0.494 e. The van der Waals surface area contributed by atoms with Crippen molar-refractivity contribution in [3.63, 3.8) is 0 Å². The summed E-state index contributed by atoms with van der Waals surface area (Å²) in [5, 5.41) is 9.95. The number of alkyl halides is 1. The van der Waals surface area contributed by atoms with Gasteiger partial charge in [-0.05, 0) is 35.4 Å². The van der Waals surface area contributed by atoms with E-state index in [0.717, 1.165) is 24.6 Å². The summed E-state index contributed by atoms with van der Waals surface area (Å²) >= 11 is 0. The fraction of sp³-hybridized carbons (Fsp3) is 0.478. The maximum Gasteiger partial charge on any atom is 0.119 e. The SMILES string of the molecule is CC(C)(c1ccc(OCCCF)cc1)c1ccc(OCC(O)CN2CC2)cc1. The maximum absolute atomic E-state index is 12.2. The molecular weight excluding hydrogens is 357 g/mol. The van der Waals surface area contributed by atoms with Gasteiger partial charge in [0.15, 0.2) is 0 Å². The second-order valence-corrected chi connectivity index (χ2v) is 7.83. The molecular formula is C23H30FNO3. The van der Waals surface area contributed by atoms with Crippen molar-refractivity contribution >= 4 is 0 Å². The summed E-state index contributed by atoms with van der Waals surface area (Å²) < 4.78 is 23.4. The molecule has 1 saturated heterocycles. The fourth-order valence-corrected chi connectivity index (χ4v) is 3.14. The number of rotatable bonds is 11. The van der Waals surface area contributed by atoms with Crippen molar-refractivity contribution < 1.29 is 19.0 Å². The van der Waals surface area contributed by atoms with E-state index in [1.54, 1.807) is 0 Å². The molecule has 1 unspecified atom stereocenters. The quantitative estimate of drug-likeness (QED) is 0.470. The summed E-state index contributed by atoms with van der Waals surface area (Å²) in [5.74, 6) is 1.53. The zero-order chi connectivity index (χ0) is 20.0. The van der Waals surface area contributed by atoms with Gasteiger partial charge in [0, 0.05) is 31.5 Å². The van der Waals surface area contributed by atoms with Crippen molar-refractivity contribution in [2.24, 2.45) is 0 Å². The molecule has 4 nitrogen and oxygen atoms in total. The number of β-amino-alcohol motifs (C(OH)–C–C–N with tert-alkyl or cyclic N) is 1. The van der Waals surface area contributed by atoms with E-state index >= 15 is 0 Å². The molecule has 0 aliphatic carbocycles. The number of hydrogen-bond donors (Lipinski definition) is 1. The predicted molar refractivity (Wildman–Crippen MR) is 109 cm³/mol. The van der Waals surface area contributed by atoms with Gasteiger partial charge in [0.1, 0.15) is 24.2 Å². The summed E-state index contributed by atoms with van der Waals surface area (Å²) in [6.45, 7) is 7.53. The van der Waals surface area contributed by atoms with E-state index in [0.29, 0.717) is 26.2 Å². The first-order chi connectivity index (χ1) is 13.5. The molecule has 1 aliphatic rings. The van der Waals surface area contributed by atoms with Gasteiger partial charge in [0.05, 0.1) is 13.3 Å². The average molecular weight is 387 g/mol. The van der Waals surface area contributed by atoms with Crippen molar-refractivity contribution in [2.75, 3.05) is 39.5 Å². The predicted octanol–water partition coefficient (Wildman–Crippen LogP) is 3.81. The highest BCUT2D eigenvalue weighted by Gasteiger charge is 2.23. The number of aliphatic hydroxyl groups is 1. The lowest BCUT2D eigenvalue weighted by Crippen LogP contribution is -2.26. The second-order valence-electron chi connectivity index (χ2n) is 7.83. The fourth-order valence-electron chi connectivity index (χ4n) is 3.14. The van der Waals surface area contributed by atoms with Crippen molar-refractivity contribution in [2.45, 2.75) is 31.8 Å². The normalized spacial score (nSPS) is 15.3. The van der Waals surface area contributed by atoms with Crippen molar-refractivity contribution in [1.29, 1.82) is 0 Å². The number of benzene rings is 2. The van der Waals surface area contributed by atoms with E-state index in [1.165, 1.54) is 11.1 Å². The van der Waals surface area contributed by atoms with Crippen LogP contribution in [-0.4, -0.2) is 55.6 Å². The number of aliphatic hydroxyl groups excluding tert-OH is 1. The van der Waals surface area contributed by atoms with Crippen LogP contribution in [0.3, 0.4) is 0 Å². The van der Waals surface area contributed by atoms with E-state index in [-0.39, 0.29) is 12.1 Å². The lowest BCUT2D eigenvalue weighted by atomic mass is 9.78. The number of nitrogens with zero attached hydrogens (tertiary/aromatic N) is 1. The minimum absolute atomic E-state index is 0.172. The molecule has 2 aromatic carbocycles. The molecule has 0 spiro atoms. The second kappa shape index (κ2) is 9.39. The van der Waals surface area contributed by atoms with Crippen LogP contribution in [0, 0.1) is 0 Å². The van der Waals surface area contributed by atoms with Crippen molar-refractivity contribution in [3.8, 4) is 11.5 Å². The lowest BCUT2D eigenvalue weighted by molar-refractivity contribution is 0.0943. The van der Waals surface area contributed by atoms with Crippen LogP contribution < -0.4 is 9.47 Å². The zero-order valence-corrected chi connectivity index (χ0v) is 16.7. The highest BCUT2D eigenvalue weighted by molar-refractivity contribution is 5.41. The van der Waals surface area contributed by atoms with Gasteiger partial charge >= 0.3 is 0 Å². The molecule has 0 amide bonds. The molecule has 1 heterocycles. The van der Waals surface area contributed by atoms with Crippen LogP contribution in [-0.2, 0) is 5.41 Å². The first-order valence-electron chi connectivity index (χ1n) is 9.92. The van der Waals surface area contributed by atoms with Crippen LogP contribution in [0.15, 0.2) is 48.5 Å². The van der Waals surface area contributed by atoms with E-state index in [2.05, 4.69) is 43.0 Å². The van der Waals surface area contributed by atoms with Gasteiger partial charge in [-0.1, -0.05) is 38.1 Å². The van der Waals surface area contributed by atoms with Crippen molar-refractivity contribution in [3.05, 3.63) is 59.7 Å². The Hall–Kier alpha value is -2.11. The molecule has 1 fully saturated rings. The highest BCUT2D eigenvalue weighted by Crippen LogP contribution is 2.33. The van der Waals surface area contributed by atoms with Gasteiger partial charge in [-0.25, -0.2) is 0 Å². The van der Waals surface area contributed by atoms with Gasteiger partial charge in [-0.3, -0.25) is 9.29 Å². The maximum atomic E-state index is 12.2. The van der Waals surface area contributed by atoms with Crippen LogP contribution in [0.4, 0.5) is 4.39 Å². The first kappa shape index (κ1) is 20.6. The number of halogens is 1. The molecule has 1 atom stereocenters. The van der Waals surface area contributed by atoms with E-state index < -0.39 is 6.10 Å². The van der Waals surface area contributed by atoms with Crippen molar-refractivity contribution in [1.82, 2.24) is 4.90 Å². The van der Waals surface area contributed by atoms with Crippen LogP contribution in [0.1, 0.15) is 31.4 Å². The minimum atomic E-state index is -0.454. The lowest BCUT2D eigenvalue weighted by Gasteiger charge is -2.26. The Morgan fingerprint density at radius 2 is 1.50 bits per heavy atom. The molecule has 0 radical (unpaired) electrons. The van der Waals surface area contributed by atoms with Gasteiger partial charge in [-0.2, -0.15) is 0 Å². The monoisotopic (exact) mass is 387 g/mol. The Labute approximate surface area is 166 Å². The first-order valence-corrected chi connectivity index (χ1v) is 9.92. The molecule has 3 rings (SSSR count). The molecule has 5 heteroatoms. The third kappa shape index (κ3) is 5.69. The molecule has 0 saturated carbocycles. The molecule has 0 aromatic heterocycles. The van der Waals surface area contributed by atoms with Crippen LogP contribution in [0.5, 0.6) is 11.5 Å². The third-order valence-electron chi connectivity index (χ3n) is 5.15. The van der Waals surface area contributed by atoms with Gasteiger partial charge in [0.2, 0.25) is 0 Å². The molecule has 152 valence electrons. The summed E-state index contributed by atoms with van der Waals surface area (Å²) in [5.41, 5.74) is 2.18. The average Bonchev–Trinajstić information content (AvgIpc) is 3.51. The number of ether oxygens (including phenoxy) is 2. The zero-order valence-electron chi connectivity index (χ0n) is 16.7. The van der Waals surface area contributed by atoms with Gasteiger partial charge in [-0.15, -0.1) is 0 Å². The Morgan fingerprint density at radius 3 is 2.00 bits per heavy atom. The smallest absolute Gasteiger partial charge is 0.119 e. The van der Waals surface area contributed by atoms with Crippen LogP contribution in [0.25, 0.3) is 0 Å². The highest BCUT2D eigenvalue weighted by atomic mass is 19.1. The Balaban J connectivity index is 1.57. The molecule has 2 aromatic rings. The Bertz CT molecular complexity index is 727. The van der Waals surface area contributed by atoms with E-state index in [9.17, 15) is 9.50 Å². The molecule has 0 bridgehead atoms. The Morgan fingerprint density at radius 1 is 0.964 bits per heavy atom. The summed E-state index contributed by atoms with van der Waals surface area (Å²) in [7, 11) is 0. The van der Waals surface area contributed by atoms with Gasteiger partial charge in [0.25, 0.3) is 0 Å².